The molecule has 0 spiro atoms. The van der Waals surface area contributed by atoms with Gasteiger partial charge < -0.3 is 16.4 Å². The van der Waals surface area contributed by atoms with E-state index in [1.807, 2.05) is 6.92 Å². The van der Waals surface area contributed by atoms with Crippen LogP contribution in [0.15, 0.2) is 0 Å². The van der Waals surface area contributed by atoms with Gasteiger partial charge in [0, 0.05) is 24.9 Å². The van der Waals surface area contributed by atoms with Crippen molar-refractivity contribution < 1.29 is 9.59 Å². The summed E-state index contributed by atoms with van der Waals surface area (Å²) in [5.41, 5.74) is 5.96. The highest BCUT2D eigenvalue weighted by Gasteiger charge is 2.31. The molecule has 0 aromatic rings. The Morgan fingerprint density at radius 1 is 1.50 bits per heavy atom. The van der Waals surface area contributed by atoms with Gasteiger partial charge in [-0.25, -0.2) is 0 Å². The summed E-state index contributed by atoms with van der Waals surface area (Å²) < 4.78 is 0. The Kier molecular flexibility index (Phi) is 4.22. The second kappa shape index (κ2) is 5.69. The molecule has 1 saturated heterocycles. The van der Waals surface area contributed by atoms with Crippen molar-refractivity contribution in [3.63, 3.8) is 0 Å². The summed E-state index contributed by atoms with van der Waals surface area (Å²) in [6.45, 7) is 2.53. The van der Waals surface area contributed by atoms with Gasteiger partial charge in [0.15, 0.2) is 0 Å². The number of rotatable bonds is 3. The van der Waals surface area contributed by atoms with Gasteiger partial charge in [-0.2, -0.15) is 0 Å². The Morgan fingerprint density at radius 3 is 2.89 bits per heavy atom. The average molecular weight is 253 g/mol. The summed E-state index contributed by atoms with van der Waals surface area (Å²) in [4.78, 5) is 23.2. The van der Waals surface area contributed by atoms with E-state index >= 15 is 0 Å². The zero-order chi connectivity index (χ0) is 13.1. The van der Waals surface area contributed by atoms with E-state index in [-0.39, 0.29) is 29.8 Å². The number of hydrogen-bond acceptors (Lipinski definition) is 3. The highest BCUT2D eigenvalue weighted by atomic mass is 16.2. The molecule has 0 radical (unpaired) electrons. The zero-order valence-corrected chi connectivity index (χ0v) is 10.9. The lowest BCUT2D eigenvalue weighted by atomic mass is 9.78. The van der Waals surface area contributed by atoms with Crippen LogP contribution in [0.5, 0.6) is 0 Å². The maximum absolute atomic E-state index is 12.1. The lowest BCUT2D eigenvalue weighted by molar-refractivity contribution is -0.127. The molecule has 4 unspecified atom stereocenters. The van der Waals surface area contributed by atoms with Gasteiger partial charge in [0.1, 0.15) is 0 Å². The van der Waals surface area contributed by atoms with E-state index in [0.717, 1.165) is 25.7 Å². The van der Waals surface area contributed by atoms with Crippen molar-refractivity contribution in [3.8, 4) is 0 Å². The van der Waals surface area contributed by atoms with Gasteiger partial charge in [-0.05, 0) is 25.2 Å². The molecule has 1 aliphatic carbocycles. The Balaban J connectivity index is 1.82. The minimum Gasteiger partial charge on any atom is -0.354 e. The fourth-order valence-corrected chi connectivity index (χ4v) is 2.97. The molecule has 1 aliphatic heterocycles. The Bertz CT molecular complexity index is 332. The number of amides is 2. The van der Waals surface area contributed by atoms with Crippen LogP contribution in [-0.2, 0) is 9.59 Å². The molecule has 0 bridgehead atoms. The van der Waals surface area contributed by atoms with Crippen LogP contribution >= 0.6 is 0 Å². The first-order valence-corrected chi connectivity index (χ1v) is 6.89. The Morgan fingerprint density at radius 2 is 2.28 bits per heavy atom. The van der Waals surface area contributed by atoms with Crippen molar-refractivity contribution in [1.82, 2.24) is 10.6 Å². The Labute approximate surface area is 108 Å². The molecular weight excluding hydrogens is 230 g/mol. The molecule has 1 heterocycles. The van der Waals surface area contributed by atoms with Crippen molar-refractivity contribution >= 4 is 11.8 Å². The first-order chi connectivity index (χ1) is 8.56. The minimum atomic E-state index is -0.0373. The third-order valence-electron chi connectivity index (χ3n) is 4.20. The van der Waals surface area contributed by atoms with E-state index in [0.29, 0.717) is 18.9 Å². The summed E-state index contributed by atoms with van der Waals surface area (Å²) in [7, 11) is 0. The number of nitrogens with two attached hydrogens (primary N) is 1. The topological polar surface area (TPSA) is 84.2 Å². The molecule has 4 N–H and O–H groups in total. The van der Waals surface area contributed by atoms with Crippen molar-refractivity contribution in [1.29, 1.82) is 0 Å². The van der Waals surface area contributed by atoms with Gasteiger partial charge in [-0.1, -0.05) is 13.3 Å². The normalized spacial score (nSPS) is 33.9. The van der Waals surface area contributed by atoms with Crippen LogP contribution in [0.2, 0.25) is 0 Å². The molecular formula is C13H23N3O2. The quantitative estimate of drug-likeness (QED) is 0.669. The minimum absolute atomic E-state index is 0.00736. The molecule has 0 aromatic carbocycles. The van der Waals surface area contributed by atoms with E-state index in [9.17, 15) is 9.59 Å². The summed E-state index contributed by atoms with van der Waals surface area (Å²) >= 11 is 0. The van der Waals surface area contributed by atoms with Crippen LogP contribution in [0.4, 0.5) is 0 Å². The number of nitrogens with one attached hydrogen (secondary N) is 2. The molecule has 2 fully saturated rings. The van der Waals surface area contributed by atoms with Gasteiger partial charge in [0.2, 0.25) is 11.8 Å². The van der Waals surface area contributed by atoms with Crippen LogP contribution in [-0.4, -0.2) is 30.4 Å². The number of carbonyl (C=O) groups is 2. The van der Waals surface area contributed by atoms with Crippen LogP contribution in [0, 0.1) is 11.8 Å². The lowest BCUT2D eigenvalue weighted by Gasteiger charge is -2.31. The Hall–Kier alpha value is -1.10. The van der Waals surface area contributed by atoms with Crippen LogP contribution in [0.3, 0.4) is 0 Å². The van der Waals surface area contributed by atoms with Crippen LogP contribution in [0.1, 0.15) is 39.0 Å². The maximum Gasteiger partial charge on any atom is 0.223 e. The average Bonchev–Trinajstić information content (AvgIpc) is 2.73. The van der Waals surface area contributed by atoms with Crippen LogP contribution in [0.25, 0.3) is 0 Å². The van der Waals surface area contributed by atoms with Gasteiger partial charge >= 0.3 is 0 Å². The van der Waals surface area contributed by atoms with E-state index < -0.39 is 0 Å². The van der Waals surface area contributed by atoms with E-state index in [1.165, 1.54) is 0 Å². The largest absolute Gasteiger partial charge is 0.354 e. The highest BCUT2D eigenvalue weighted by molar-refractivity contribution is 5.83. The van der Waals surface area contributed by atoms with E-state index in [4.69, 9.17) is 5.73 Å². The molecule has 102 valence electrons. The lowest BCUT2D eigenvalue weighted by Crippen LogP contribution is -2.43. The monoisotopic (exact) mass is 253 g/mol. The highest BCUT2D eigenvalue weighted by Crippen LogP contribution is 2.29. The number of hydrogen-bond donors (Lipinski definition) is 3. The molecule has 1 saturated carbocycles. The third-order valence-corrected chi connectivity index (χ3v) is 4.20. The predicted octanol–water partition coefficient (Wildman–Crippen LogP) is 0.145. The van der Waals surface area contributed by atoms with Crippen molar-refractivity contribution in [3.05, 3.63) is 0 Å². The molecule has 4 atom stereocenters. The zero-order valence-electron chi connectivity index (χ0n) is 10.9. The van der Waals surface area contributed by atoms with Gasteiger partial charge in [-0.3, -0.25) is 9.59 Å². The van der Waals surface area contributed by atoms with E-state index in [2.05, 4.69) is 10.6 Å². The number of carbonyl (C=O) groups excluding carboxylic acids is 2. The van der Waals surface area contributed by atoms with Crippen molar-refractivity contribution in [2.45, 2.75) is 51.1 Å². The molecule has 18 heavy (non-hydrogen) atoms. The van der Waals surface area contributed by atoms with Crippen molar-refractivity contribution in [2.75, 3.05) is 6.54 Å². The SMILES string of the molecule is CC(C(=O)NC1CNC(=O)C1)C1CCCC(N)C1. The molecule has 0 aromatic heterocycles. The molecule has 2 aliphatic rings. The summed E-state index contributed by atoms with van der Waals surface area (Å²) in [5.74, 6) is 0.467. The van der Waals surface area contributed by atoms with Gasteiger partial charge in [0.25, 0.3) is 0 Å². The van der Waals surface area contributed by atoms with Crippen molar-refractivity contribution in [2.24, 2.45) is 17.6 Å². The van der Waals surface area contributed by atoms with Crippen LogP contribution < -0.4 is 16.4 Å². The summed E-state index contributed by atoms with van der Waals surface area (Å²) in [6.07, 6.45) is 4.63. The smallest absolute Gasteiger partial charge is 0.223 e. The standard InChI is InChI=1S/C13H23N3O2/c1-8(9-3-2-4-10(14)5-9)13(18)16-11-6-12(17)15-7-11/h8-11H,2-7,14H2,1H3,(H,15,17)(H,16,18). The molecule has 5 nitrogen and oxygen atoms in total. The molecule has 2 amide bonds. The summed E-state index contributed by atoms with van der Waals surface area (Å²) in [6, 6.07) is 0.207. The first-order valence-electron chi connectivity index (χ1n) is 6.89. The van der Waals surface area contributed by atoms with Gasteiger partial charge in [0.05, 0.1) is 6.04 Å². The second-order valence-electron chi connectivity index (χ2n) is 5.69. The molecule has 2 rings (SSSR count). The fraction of sp³-hybridized carbons (Fsp3) is 0.846. The fourth-order valence-electron chi connectivity index (χ4n) is 2.97. The maximum atomic E-state index is 12.1. The molecule has 5 heteroatoms. The summed E-state index contributed by atoms with van der Waals surface area (Å²) in [5, 5.41) is 5.68. The van der Waals surface area contributed by atoms with E-state index in [1.54, 1.807) is 0 Å². The van der Waals surface area contributed by atoms with Gasteiger partial charge in [-0.15, -0.1) is 0 Å². The predicted molar refractivity (Wildman–Crippen MR) is 68.7 cm³/mol. The first kappa shape index (κ1) is 13.3. The third kappa shape index (κ3) is 3.22. The second-order valence-corrected chi connectivity index (χ2v) is 5.69.